The van der Waals surface area contributed by atoms with Crippen molar-refractivity contribution >= 4 is 17.5 Å². The zero-order valence-corrected chi connectivity index (χ0v) is 17.2. The minimum Gasteiger partial charge on any atom is -0.497 e. The number of methoxy groups -OCH3 is 1. The van der Waals surface area contributed by atoms with Crippen LogP contribution in [0.4, 0.5) is 5.69 Å². The van der Waals surface area contributed by atoms with Crippen LogP contribution >= 0.6 is 0 Å². The first-order valence-electron chi connectivity index (χ1n) is 9.53. The summed E-state index contributed by atoms with van der Waals surface area (Å²) in [5, 5.41) is 14.9. The second-order valence-electron chi connectivity index (χ2n) is 6.72. The molecule has 1 heterocycles. The number of benzene rings is 2. The van der Waals surface area contributed by atoms with Gasteiger partial charge >= 0.3 is 0 Å². The van der Waals surface area contributed by atoms with Crippen molar-refractivity contribution in [2.75, 3.05) is 26.0 Å². The van der Waals surface area contributed by atoms with Crippen LogP contribution in [-0.2, 0) is 22.6 Å². The third kappa shape index (κ3) is 5.40. The summed E-state index contributed by atoms with van der Waals surface area (Å²) in [6, 6.07) is 14.9. The number of nitrogens with zero attached hydrogens (tertiary/aromatic N) is 5. The van der Waals surface area contributed by atoms with E-state index in [9.17, 15) is 9.59 Å². The van der Waals surface area contributed by atoms with Gasteiger partial charge in [-0.3, -0.25) is 9.59 Å². The highest BCUT2D eigenvalue weighted by molar-refractivity contribution is 5.94. The van der Waals surface area contributed by atoms with Crippen LogP contribution in [0.2, 0.25) is 0 Å². The number of carbonyl (C=O) groups excluding carboxylic acids is 2. The molecule has 9 heteroatoms. The first-order chi connectivity index (χ1) is 14.5. The molecular weight excluding hydrogens is 384 g/mol. The van der Waals surface area contributed by atoms with Crippen molar-refractivity contribution in [3.8, 4) is 17.1 Å². The number of rotatable bonds is 8. The maximum Gasteiger partial charge on any atom is 0.246 e. The molecule has 0 fully saturated rings. The summed E-state index contributed by atoms with van der Waals surface area (Å²) in [5.41, 5.74) is 2.64. The van der Waals surface area contributed by atoms with Crippen molar-refractivity contribution in [1.29, 1.82) is 0 Å². The molecule has 0 saturated carbocycles. The summed E-state index contributed by atoms with van der Waals surface area (Å²) in [4.78, 5) is 27.2. The molecule has 0 aliphatic carbocycles. The lowest BCUT2D eigenvalue weighted by Gasteiger charge is -2.16. The number of likely N-dealkylation sites (N-methyl/N-ethyl adjacent to an activating group) is 1. The second kappa shape index (κ2) is 9.64. The highest BCUT2D eigenvalue weighted by atomic mass is 16.5. The van der Waals surface area contributed by atoms with E-state index in [0.29, 0.717) is 17.3 Å². The monoisotopic (exact) mass is 408 g/mol. The number of anilines is 1. The number of tetrazole rings is 1. The van der Waals surface area contributed by atoms with Crippen LogP contribution in [0.3, 0.4) is 0 Å². The Labute approximate surface area is 174 Å². The van der Waals surface area contributed by atoms with Gasteiger partial charge in [-0.05, 0) is 29.3 Å². The normalized spacial score (nSPS) is 10.5. The molecule has 2 amide bonds. The molecule has 0 radical (unpaired) electrons. The predicted octanol–water partition coefficient (Wildman–Crippen LogP) is 2.01. The van der Waals surface area contributed by atoms with Gasteiger partial charge in [-0.15, -0.1) is 10.2 Å². The van der Waals surface area contributed by atoms with Gasteiger partial charge in [-0.25, -0.2) is 0 Å². The van der Waals surface area contributed by atoms with Crippen LogP contribution < -0.4 is 10.1 Å². The van der Waals surface area contributed by atoms with Crippen molar-refractivity contribution in [2.45, 2.75) is 19.9 Å². The van der Waals surface area contributed by atoms with E-state index in [1.807, 2.05) is 24.3 Å². The van der Waals surface area contributed by atoms with E-state index in [2.05, 4.69) is 27.7 Å². The number of hydrogen-bond acceptors (Lipinski definition) is 6. The number of aromatic nitrogens is 4. The molecule has 9 nitrogen and oxygen atoms in total. The van der Waals surface area contributed by atoms with Crippen LogP contribution in [0.1, 0.15) is 12.5 Å². The molecule has 0 bridgehead atoms. The molecule has 3 aromatic rings. The number of carbonyl (C=O) groups is 2. The molecule has 0 spiro atoms. The molecule has 0 aliphatic rings. The zero-order chi connectivity index (χ0) is 21.5. The van der Waals surface area contributed by atoms with Crippen LogP contribution in [0.25, 0.3) is 11.4 Å². The Morgan fingerprint density at radius 1 is 1.17 bits per heavy atom. The Bertz CT molecular complexity index is 1020. The fraction of sp³-hybridized carbons (Fsp3) is 0.286. The maximum absolute atomic E-state index is 12.4. The van der Waals surface area contributed by atoms with Crippen LogP contribution in [0.15, 0.2) is 48.5 Å². The first kappa shape index (κ1) is 21.0. The summed E-state index contributed by atoms with van der Waals surface area (Å²) in [6.45, 7) is 1.88. The highest BCUT2D eigenvalue weighted by Crippen LogP contribution is 2.17. The van der Waals surface area contributed by atoms with E-state index in [4.69, 9.17) is 4.74 Å². The smallest absolute Gasteiger partial charge is 0.246 e. The van der Waals surface area contributed by atoms with Gasteiger partial charge in [0.05, 0.1) is 13.7 Å². The molecule has 0 atom stereocenters. The summed E-state index contributed by atoms with van der Waals surface area (Å²) >= 11 is 0. The van der Waals surface area contributed by atoms with E-state index in [1.54, 1.807) is 38.4 Å². The van der Waals surface area contributed by atoms with E-state index in [0.717, 1.165) is 12.0 Å². The van der Waals surface area contributed by atoms with E-state index < -0.39 is 0 Å². The molecule has 30 heavy (non-hydrogen) atoms. The lowest BCUT2D eigenvalue weighted by atomic mass is 10.1. The minimum absolute atomic E-state index is 0.101. The first-order valence-corrected chi connectivity index (χ1v) is 9.53. The van der Waals surface area contributed by atoms with Crippen LogP contribution in [-0.4, -0.2) is 57.6 Å². The third-order valence-corrected chi connectivity index (χ3v) is 4.51. The molecule has 156 valence electrons. The molecule has 1 aromatic heterocycles. The molecule has 0 saturated heterocycles. The van der Waals surface area contributed by atoms with Crippen molar-refractivity contribution in [3.05, 3.63) is 54.1 Å². The number of aryl methyl sites for hydroxylation is 1. The quantitative estimate of drug-likeness (QED) is 0.612. The lowest BCUT2D eigenvalue weighted by Crippen LogP contribution is -2.37. The lowest BCUT2D eigenvalue weighted by molar-refractivity contribution is -0.134. The molecular formula is C21H24N6O3. The van der Waals surface area contributed by atoms with Gasteiger partial charge in [-0.1, -0.05) is 37.3 Å². The average Bonchev–Trinajstić information content (AvgIpc) is 3.22. The van der Waals surface area contributed by atoms with Gasteiger partial charge < -0.3 is 15.0 Å². The van der Waals surface area contributed by atoms with Gasteiger partial charge in [0.25, 0.3) is 0 Å². The van der Waals surface area contributed by atoms with Crippen molar-refractivity contribution in [3.63, 3.8) is 0 Å². The van der Waals surface area contributed by atoms with Gasteiger partial charge in [0.2, 0.25) is 17.6 Å². The van der Waals surface area contributed by atoms with Gasteiger partial charge in [0.15, 0.2) is 0 Å². The Balaban J connectivity index is 1.54. The van der Waals surface area contributed by atoms with Crippen LogP contribution in [0.5, 0.6) is 5.75 Å². The number of hydrogen-bond donors (Lipinski definition) is 1. The topological polar surface area (TPSA) is 102 Å². The summed E-state index contributed by atoms with van der Waals surface area (Å²) < 4.78 is 5.13. The average molecular weight is 408 g/mol. The van der Waals surface area contributed by atoms with E-state index in [1.165, 1.54) is 15.3 Å². The number of nitrogens with one attached hydrogen (secondary N) is 1. The van der Waals surface area contributed by atoms with Crippen molar-refractivity contribution < 1.29 is 14.3 Å². The van der Waals surface area contributed by atoms with Crippen molar-refractivity contribution in [1.82, 2.24) is 25.1 Å². The number of amides is 2. The summed E-state index contributed by atoms with van der Waals surface area (Å²) in [6.07, 6.45) is 0.951. The fourth-order valence-electron chi connectivity index (χ4n) is 2.76. The zero-order valence-electron chi connectivity index (χ0n) is 17.2. The van der Waals surface area contributed by atoms with Gasteiger partial charge in [0, 0.05) is 24.4 Å². The van der Waals surface area contributed by atoms with Crippen molar-refractivity contribution in [2.24, 2.45) is 0 Å². The Morgan fingerprint density at radius 2 is 1.93 bits per heavy atom. The number of ether oxygens (including phenoxy) is 1. The van der Waals surface area contributed by atoms with Crippen LogP contribution in [0, 0.1) is 0 Å². The standard InChI is InChI=1S/C21H24N6O3/c1-4-15-8-10-16(11-9-15)21-23-25-27(24-21)14-20(29)26(2)13-19(28)22-17-6-5-7-18(12-17)30-3/h5-12H,4,13-14H2,1-3H3,(H,22,28). The Morgan fingerprint density at radius 3 is 2.63 bits per heavy atom. The van der Waals surface area contributed by atoms with Gasteiger partial charge in [0.1, 0.15) is 12.3 Å². The van der Waals surface area contributed by atoms with E-state index >= 15 is 0 Å². The highest BCUT2D eigenvalue weighted by Gasteiger charge is 2.16. The fourth-order valence-corrected chi connectivity index (χ4v) is 2.76. The van der Waals surface area contributed by atoms with E-state index in [-0.39, 0.29) is 24.9 Å². The SMILES string of the molecule is CCc1ccc(-c2nnn(CC(=O)N(C)CC(=O)Nc3cccc(OC)c3)n2)cc1. The molecule has 2 aromatic carbocycles. The predicted molar refractivity (Wildman–Crippen MR) is 112 cm³/mol. The van der Waals surface area contributed by atoms with Gasteiger partial charge in [-0.2, -0.15) is 4.80 Å². The Hall–Kier alpha value is -3.75. The Kier molecular flexibility index (Phi) is 6.74. The third-order valence-electron chi connectivity index (χ3n) is 4.51. The second-order valence-corrected chi connectivity index (χ2v) is 6.72. The summed E-state index contributed by atoms with van der Waals surface area (Å²) in [7, 11) is 3.10. The molecule has 1 N–H and O–H groups in total. The molecule has 0 unspecified atom stereocenters. The maximum atomic E-state index is 12.4. The minimum atomic E-state index is -0.317. The molecule has 3 rings (SSSR count). The molecule has 0 aliphatic heterocycles. The largest absolute Gasteiger partial charge is 0.497 e. The summed E-state index contributed by atoms with van der Waals surface area (Å²) in [5.74, 6) is 0.460.